The van der Waals surface area contributed by atoms with Gasteiger partial charge in [0, 0.05) is 11.6 Å². The number of rotatable bonds is 0. The first kappa shape index (κ1) is 8.20. The molecule has 0 spiro atoms. The van der Waals surface area contributed by atoms with Crippen LogP contribution in [0.25, 0.3) is 0 Å². The summed E-state index contributed by atoms with van der Waals surface area (Å²) in [6.07, 6.45) is 0. The highest BCUT2D eigenvalue weighted by atomic mass is 79.9. The number of halogens is 2. The van der Waals surface area contributed by atoms with Crippen molar-refractivity contribution in [2.75, 3.05) is 18.5 Å². The molecular formula is C8H7BrClNO. The summed E-state index contributed by atoms with van der Waals surface area (Å²) in [5, 5.41) is 3.91. The van der Waals surface area contributed by atoms with E-state index >= 15 is 0 Å². The number of hydrogen-bond donors (Lipinski definition) is 1. The molecule has 2 rings (SSSR count). The fourth-order valence-electron chi connectivity index (χ4n) is 1.18. The molecule has 1 aromatic carbocycles. The van der Waals surface area contributed by atoms with Gasteiger partial charge in [-0.15, -0.1) is 0 Å². The quantitative estimate of drug-likeness (QED) is 0.762. The fraction of sp³-hybridized carbons (Fsp3) is 0.250. The van der Waals surface area contributed by atoms with Gasteiger partial charge in [0.15, 0.2) is 5.75 Å². The molecule has 0 unspecified atom stereocenters. The molecule has 0 saturated carbocycles. The maximum atomic E-state index is 5.86. The minimum absolute atomic E-state index is 0.702. The molecule has 0 fully saturated rings. The Hall–Kier alpha value is -0.410. The van der Waals surface area contributed by atoms with Crippen molar-refractivity contribution < 1.29 is 4.74 Å². The van der Waals surface area contributed by atoms with Gasteiger partial charge in [0.25, 0.3) is 0 Å². The van der Waals surface area contributed by atoms with Gasteiger partial charge in [0.1, 0.15) is 6.61 Å². The van der Waals surface area contributed by atoms with Crippen LogP contribution in [0.1, 0.15) is 0 Å². The van der Waals surface area contributed by atoms with Crippen molar-refractivity contribution in [3.63, 3.8) is 0 Å². The van der Waals surface area contributed by atoms with Gasteiger partial charge in [-0.3, -0.25) is 0 Å². The predicted molar refractivity (Wildman–Crippen MR) is 53.1 cm³/mol. The normalized spacial score (nSPS) is 14.5. The number of nitrogens with one attached hydrogen (secondary N) is 1. The predicted octanol–water partition coefficient (Wildman–Crippen LogP) is 2.91. The monoisotopic (exact) mass is 247 g/mol. The first-order valence-corrected chi connectivity index (χ1v) is 4.80. The zero-order chi connectivity index (χ0) is 8.55. The molecule has 0 aromatic heterocycles. The van der Waals surface area contributed by atoms with E-state index in [9.17, 15) is 0 Å². The van der Waals surface area contributed by atoms with Crippen molar-refractivity contribution in [3.05, 3.63) is 21.6 Å². The zero-order valence-corrected chi connectivity index (χ0v) is 8.58. The lowest BCUT2D eigenvalue weighted by Crippen LogP contribution is -2.18. The summed E-state index contributed by atoms with van der Waals surface area (Å²) in [6, 6.07) is 3.69. The second kappa shape index (κ2) is 3.15. The number of ether oxygens (including phenoxy) is 1. The van der Waals surface area contributed by atoms with E-state index in [2.05, 4.69) is 21.2 Å². The van der Waals surface area contributed by atoms with Gasteiger partial charge in [-0.2, -0.15) is 0 Å². The van der Waals surface area contributed by atoms with E-state index in [1.165, 1.54) is 0 Å². The van der Waals surface area contributed by atoms with E-state index in [0.717, 1.165) is 22.5 Å². The molecule has 64 valence electrons. The topological polar surface area (TPSA) is 21.3 Å². The molecule has 12 heavy (non-hydrogen) atoms. The molecule has 0 radical (unpaired) electrons. The smallest absolute Gasteiger partial charge is 0.156 e. The van der Waals surface area contributed by atoms with Crippen LogP contribution in [0.4, 0.5) is 5.69 Å². The number of benzene rings is 1. The number of anilines is 1. The van der Waals surface area contributed by atoms with Crippen molar-refractivity contribution in [2.45, 2.75) is 0 Å². The maximum Gasteiger partial charge on any atom is 0.156 e. The van der Waals surface area contributed by atoms with Crippen molar-refractivity contribution in [1.29, 1.82) is 0 Å². The van der Waals surface area contributed by atoms with Gasteiger partial charge in [-0.1, -0.05) is 11.6 Å². The number of hydrogen-bond acceptors (Lipinski definition) is 2. The third-order valence-electron chi connectivity index (χ3n) is 1.67. The summed E-state index contributed by atoms with van der Waals surface area (Å²) in [4.78, 5) is 0. The van der Waals surface area contributed by atoms with Gasteiger partial charge >= 0.3 is 0 Å². The second-order valence-corrected chi connectivity index (χ2v) is 3.83. The molecular weight excluding hydrogens is 241 g/mol. The summed E-state index contributed by atoms with van der Waals surface area (Å²) in [7, 11) is 0. The summed E-state index contributed by atoms with van der Waals surface area (Å²) >= 11 is 9.24. The third-order valence-corrected chi connectivity index (χ3v) is 2.48. The zero-order valence-electron chi connectivity index (χ0n) is 6.23. The van der Waals surface area contributed by atoms with E-state index in [1.807, 2.05) is 12.1 Å². The molecule has 1 aromatic rings. The molecule has 0 aliphatic carbocycles. The molecule has 0 amide bonds. The first-order valence-electron chi connectivity index (χ1n) is 3.63. The van der Waals surface area contributed by atoms with Crippen LogP contribution in [0.2, 0.25) is 5.02 Å². The lowest BCUT2D eigenvalue weighted by Gasteiger charge is -2.20. The minimum atomic E-state index is 0.702. The second-order valence-electron chi connectivity index (χ2n) is 2.54. The van der Waals surface area contributed by atoms with Gasteiger partial charge in [-0.25, -0.2) is 0 Å². The fourth-order valence-corrected chi connectivity index (χ4v) is 2.10. The summed E-state index contributed by atoms with van der Waals surface area (Å²) < 4.78 is 6.34. The third kappa shape index (κ3) is 1.39. The highest BCUT2D eigenvalue weighted by Crippen LogP contribution is 2.37. The van der Waals surface area contributed by atoms with E-state index in [-0.39, 0.29) is 0 Å². The van der Waals surface area contributed by atoms with Crippen molar-refractivity contribution in [1.82, 2.24) is 0 Å². The van der Waals surface area contributed by atoms with E-state index in [4.69, 9.17) is 16.3 Å². The molecule has 4 heteroatoms. The van der Waals surface area contributed by atoms with Gasteiger partial charge in [0.05, 0.1) is 10.2 Å². The Balaban J connectivity index is 2.53. The van der Waals surface area contributed by atoms with Crippen LogP contribution < -0.4 is 10.1 Å². The standard InChI is InChI=1S/C8H7BrClNO/c9-6-3-5(10)4-7-8(6)12-2-1-11-7/h3-4,11H,1-2H2. The Morgan fingerprint density at radius 1 is 1.50 bits per heavy atom. The highest BCUT2D eigenvalue weighted by Gasteiger charge is 2.13. The minimum Gasteiger partial charge on any atom is -0.488 e. The molecule has 1 aliphatic rings. The van der Waals surface area contributed by atoms with E-state index in [1.54, 1.807) is 0 Å². The average Bonchev–Trinajstić information content (AvgIpc) is 2.04. The largest absolute Gasteiger partial charge is 0.488 e. The van der Waals surface area contributed by atoms with Crippen molar-refractivity contribution in [3.8, 4) is 5.75 Å². The van der Waals surface area contributed by atoms with Gasteiger partial charge in [-0.05, 0) is 28.1 Å². The Morgan fingerprint density at radius 3 is 3.17 bits per heavy atom. The molecule has 0 atom stereocenters. The van der Waals surface area contributed by atoms with Crippen LogP contribution >= 0.6 is 27.5 Å². The Labute approximate surface area is 84.0 Å². The SMILES string of the molecule is Clc1cc(Br)c2c(c1)NCCO2. The van der Waals surface area contributed by atoms with Gasteiger partial charge in [0.2, 0.25) is 0 Å². The lowest BCUT2D eigenvalue weighted by molar-refractivity contribution is 0.321. The molecule has 0 saturated heterocycles. The Bertz CT molecular complexity index is 316. The first-order chi connectivity index (χ1) is 5.77. The summed E-state index contributed by atoms with van der Waals surface area (Å²) in [6.45, 7) is 1.53. The van der Waals surface area contributed by atoms with Crippen LogP contribution in [-0.4, -0.2) is 13.2 Å². The van der Waals surface area contributed by atoms with Gasteiger partial charge < -0.3 is 10.1 Å². The van der Waals surface area contributed by atoms with Crippen LogP contribution in [0.5, 0.6) is 5.75 Å². The lowest BCUT2D eigenvalue weighted by atomic mass is 10.2. The Morgan fingerprint density at radius 2 is 2.33 bits per heavy atom. The highest BCUT2D eigenvalue weighted by molar-refractivity contribution is 9.10. The van der Waals surface area contributed by atoms with E-state index in [0.29, 0.717) is 11.6 Å². The summed E-state index contributed by atoms with van der Waals surface area (Å²) in [5.41, 5.74) is 0.959. The van der Waals surface area contributed by atoms with Crippen molar-refractivity contribution >= 4 is 33.2 Å². The van der Waals surface area contributed by atoms with Crippen LogP contribution in [-0.2, 0) is 0 Å². The number of fused-ring (bicyclic) bond motifs is 1. The maximum absolute atomic E-state index is 5.86. The average molecular weight is 249 g/mol. The molecule has 2 nitrogen and oxygen atoms in total. The van der Waals surface area contributed by atoms with Crippen LogP contribution in [0.15, 0.2) is 16.6 Å². The van der Waals surface area contributed by atoms with E-state index < -0.39 is 0 Å². The van der Waals surface area contributed by atoms with Crippen molar-refractivity contribution in [2.24, 2.45) is 0 Å². The molecule has 1 aliphatic heterocycles. The van der Waals surface area contributed by atoms with Crippen LogP contribution in [0.3, 0.4) is 0 Å². The van der Waals surface area contributed by atoms with Crippen LogP contribution in [0, 0.1) is 0 Å². The Kier molecular flexibility index (Phi) is 2.15. The molecule has 1 N–H and O–H groups in total. The molecule has 1 heterocycles. The summed E-state index contributed by atoms with van der Waals surface area (Å²) in [5.74, 6) is 0.852. The molecule has 0 bridgehead atoms.